The lowest BCUT2D eigenvalue weighted by molar-refractivity contribution is 0.186. The lowest BCUT2D eigenvalue weighted by Gasteiger charge is -2.17. The average molecular weight is 180 g/mol. The molecule has 1 aliphatic heterocycles. The molecule has 1 aliphatic rings. The monoisotopic (exact) mass is 179 g/mol. The third kappa shape index (κ3) is 1.53. The number of halogens is 1. The summed E-state index contributed by atoms with van der Waals surface area (Å²) in [6.07, 6.45) is 0. The van der Waals surface area contributed by atoms with E-state index in [9.17, 15) is 0 Å². The summed E-state index contributed by atoms with van der Waals surface area (Å²) in [5, 5.41) is 0.853. The van der Waals surface area contributed by atoms with Crippen LogP contribution in [0.2, 0.25) is 0 Å². The van der Waals surface area contributed by atoms with Crippen LogP contribution in [0, 0.1) is 0 Å². The molecule has 3 heteroatoms. The molecular formula is C7H13ClOP+. The highest BCUT2D eigenvalue weighted by Crippen LogP contribution is 2.64. The van der Waals surface area contributed by atoms with Gasteiger partial charge in [0.1, 0.15) is 11.4 Å². The van der Waals surface area contributed by atoms with E-state index in [1.165, 1.54) is 0 Å². The second-order valence-electron chi connectivity index (χ2n) is 3.51. The Morgan fingerprint density at radius 2 is 2.00 bits per heavy atom. The minimum atomic E-state index is -1.26. The van der Waals surface area contributed by atoms with Crippen LogP contribution in [0.15, 0.2) is 10.8 Å². The lowest BCUT2D eigenvalue weighted by Crippen LogP contribution is -2.18. The van der Waals surface area contributed by atoms with Crippen LogP contribution in [0.4, 0.5) is 0 Å². The first-order valence-corrected chi connectivity index (χ1v) is 6.32. The van der Waals surface area contributed by atoms with Crippen molar-refractivity contribution in [3.63, 3.8) is 0 Å². The molecule has 0 bridgehead atoms. The molecule has 0 atom stereocenters. The van der Waals surface area contributed by atoms with Crippen molar-refractivity contribution in [3.05, 3.63) is 10.8 Å². The Kier molecular flexibility index (Phi) is 1.87. The van der Waals surface area contributed by atoms with Gasteiger partial charge in [-0.2, -0.15) is 0 Å². The minimum Gasteiger partial charge on any atom is -0.222 e. The molecule has 0 N–H and O–H groups in total. The Morgan fingerprint density at radius 3 is 2.10 bits per heavy atom. The molecule has 1 rings (SSSR count). The maximum absolute atomic E-state index is 5.95. The van der Waals surface area contributed by atoms with Crippen LogP contribution in [0.25, 0.3) is 0 Å². The fraction of sp³-hybridized carbons (Fsp3) is 0.714. The van der Waals surface area contributed by atoms with Crippen LogP contribution in [-0.4, -0.2) is 18.9 Å². The second-order valence-corrected chi connectivity index (χ2v) is 7.23. The van der Waals surface area contributed by atoms with Crippen molar-refractivity contribution in [2.24, 2.45) is 0 Å². The molecule has 0 radical (unpaired) electrons. The largest absolute Gasteiger partial charge is 0.222 e. The Balaban J connectivity index is 2.89. The third-order valence-corrected chi connectivity index (χ3v) is 3.99. The van der Waals surface area contributed by atoms with Gasteiger partial charge in [-0.25, -0.2) is 4.52 Å². The van der Waals surface area contributed by atoms with E-state index in [1.54, 1.807) is 0 Å². The number of hydrogen-bond donors (Lipinski definition) is 0. The summed E-state index contributed by atoms with van der Waals surface area (Å²) in [5.74, 6) is 2.06. The SMILES string of the molecule is CC1(C)O[P+](C)(C)C=C1Cl. The number of rotatable bonds is 0. The van der Waals surface area contributed by atoms with Gasteiger partial charge in [-0.15, -0.1) is 0 Å². The van der Waals surface area contributed by atoms with Gasteiger partial charge in [-0.05, 0) is 13.8 Å². The summed E-state index contributed by atoms with van der Waals surface area (Å²) in [6.45, 7) is 8.23. The zero-order chi connectivity index (χ0) is 7.99. The molecule has 0 saturated heterocycles. The van der Waals surface area contributed by atoms with E-state index < -0.39 is 7.49 Å². The van der Waals surface area contributed by atoms with Crippen molar-refractivity contribution in [2.75, 3.05) is 13.3 Å². The van der Waals surface area contributed by atoms with E-state index in [-0.39, 0.29) is 5.60 Å². The van der Waals surface area contributed by atoms with Crippen LogP contribution < -0.4 is 0 Å². The first-order valence-electron chi connectivity index (χ1n) is 3.27. The maximum atomic E-state index is 5.95. The second kappa shape index (κ2) is 2.20. The third-order valence-electron chi connectivity index (χ3n) is 1.46. The molecule has 0 aliphatic carbocycles. The van der Waals surface area contributed by atoms with Crippen LogP contribution >= 0.6 is 19.1 Å². The lowest BCUT2D eigenvalue weighted by atomic mass is 10.1. The van der Waals surface area contributed by atoms with Gasteiger partial charge in [-0.1, -0.05) is 11.6 Å². The molecule has 0 fully saturated rings. The molecule has 0 spiro atoms. The molecule has 10 heavy (non-hydrogen) atoms. The molecule has 58 valence electrons. The average Bonchev–Trinajstić information content (AvgIpc) is 1.73. The normalized spacial score (nSPS) is 28.3. The zero-order valence-electron chi connectivity index (χ0n) is 6.81. The Bertz CT molecular complexity index is 184. The smallest absolute Gasteiger partial charge is 0.167 e. The fourth-order valence-electron chi connectivity index (χ4n) is 1.09. The predicted octanol–water partition coefficient (Wildman–Crippen LogP) is 3.07. The van der Waals surface area contributed by atoms with Crippen molar-refractivity contribution in [2.45, 2.75) is 19.4 Å². The first kappa shape index (κ1) is 8.52. The van der Waals surface area contributed by atoms with Gasteiger partial charge < -0.3 is 0 Å². The van der Waals surface area contributed by atoms with E-state index in [0.29, 0.717) is 0 Å². The van der Waals surface area contributed by atoms with Crippen LogP contribution in [-0.2, 0) is 4.52 Å². The summed E-state index contributed by atoms with van der Waals surface area (Å²) in [7, 11) is -1.26. The Morgan fingerprint density at radius 1 is 1.50 bits per heavy atom. The van der Waals surface area contributed by atoms with Crippen molar-refractivity contribution < 1.29 is 4.52 Å². The highest BCUT2D eigenvalue weighted by atomic mass is 35.5. The van der Waals surface area contributed by atoms with Gasteiger partial charge in [0.15, 0.2) is 7.49 Å². The summed E-state index contributed by atoms with van der Waals surface area (Å²) in [6, 6.07) is 0. The molecule has 0 unspecified atom stereocenters. The molecule has 0 aromatic rings. The number of hydrogen-bond acceptors (Lipinski definition) is 1. The van der Waals surface area contributed by atoms with E-state index in [0.717, 1.165) is 5.03 Å². The van der Waals surface area contributed by atoms with Crippen molar-refractivity contribution in [1.29, 1.82) is 0 Å². The minimum absolute atomic E-state index is 0.237. The van der Waals surface area contributed by atoms with Crippen molar-refractivity contribution in [3.8, 4) is 0 Å². The quantitative estimate of drug-likeness (QED) is 0.520. The van der Waals surface area contributed by atoms with Crippen LogP contribution in [0.1, 0.15) is 13.8 Å². The predicted molar refractivity (Wildman–Crippen MR) is 47.9 cm³/mol. The topological polar surface area (TPSA) is 9.23 Å². The zero-order valence-corrected chi connectivity index (χ0v) is 8.46. The van der Waals surface area contributed by atoms with Crippen molar-refractivity contribution in [1.82, 2.24) is 0 Å². The summed E-state index contributed by atoms with van der Waals surface area (Å²) in [5.41, 5.74) is -0.237. The van der Waals surface area contributed by atoms with Gasteiger partial charge in [0.2, 0.25) is 0 Å². The molecule has 0 aromatic carbocycles. The summed E-state index contributed by atoms with van der Waals surface area (Å²) < 4.78 is 5.73. The van der Waals surface area contributed by atoms with Gasteiger partial charge in [0, 0.05) is 0 Å². The van der Waals surface area contributed by atoms with Crippen LogP contribution in [0.5, 0.6) is 0 Å². The Labute approximate surface area is 67.8 Å². The van der Waals surface area contributed by atoms with E-state index in [1.807, 2.05) is 13.8 Å². The molecule has 1 nitrogen and oxygen atoms in total. The first-order chi connectivity index (χ1) is 4.33. The molecule has 0 aromatic heterocycles. The van der Waals surface area contributed by atoms with E-state index in [4.69, 9.17) is 16.1 Å². The van der Waals surface area contributed by atoms with Crippen LogP contribution in [0.3, 0.4) is 0 Å². The van der Waals surface area contributed by atoms with Gasteiger partial charge in [0.25, 0.3) is 0 Å². The molecule has 0 amide bonds. The molecule has 1 heterocycles. The highest BCUT2D eigenvalue weighted by molar-refractivity contribution is 7.73. The van der Waals surface area contributed by atoms with E-state index >= 15 is 0 Å². The summed E-state index contributed by atoms with van der Waals surface area (Å²) >= 11 is 5.95. The summed E-state index contributed by atoms with van der Waals surface area (Å²) in [4.78, 5) is 0. The van der Waals surface area contributed by atoms with Gasteiger partial charge in [-0.3, -0.25) is 0 Å². The Hall–Kier alpha value is 0.420. The van der Waals surface area contributed by atoms with Gasteiger partial charge in [0.05, 0.1) is 18.4 Å². The van der Waals surface area contributed by atoms with Gasteiger partial charge >= 0.3 is 0 Å². The molecule has 0 saturated carbocycles. The standard InChI is InChI=1S/C7H13ClOP/c1-7(2)6(8)5-10(3,4)9-7/h5H,1-4H3/q+1. The fourth-order valence-corrected chi connectivity index (χ4v) is 4.07. The maximum Gasteiger partial charge on any atom is 0.167 e. The van der Waals surface area contributed by atoms with Crippen molar-refractivity contribution >= 4 is 19.1 Å². The highest BCUT2D eigenvalue weighted by Gasteiger charge is 2.44. The molecular weight excluding hydrogens is 167 g/mol. The van der Waals surface area contributed by atoms with E-state index in [2.05, 4.69) is 19.1 Å².